The Morgan fingerprint density at radius 1 is 1.27 bits per heavy atom. The highest BCUT2D eigenvalue weighted by Gasteiger charge is 2.10. The van der Waals surface area contributed by atoms with E-state index in [-0.39, 0.29) is 0 Å². The highest BCUT2D eigenvalue weighted by Crippen LogP contribution is 2.25. The first-order valence-electron chi connectivity index (χ1n) is 4.78. The van der Waals surface area contributed by atoms with Crippen molar-refractivity contribution in [2.75, 3.05) is 12.4 Å². The Bertz CT molecular complexity index is 463. The van der Waals surface area contributed by atoms with Crippen molar-refractivity contribution in [2.45, 2.75) is 13.8 Å². The molecule has 0 aliphatic heterocycles. The SMILES string of the molecule is CNc1nc(C)nc(-c2ccoc2)c1C. The standard InChI is InChI=1S/C11H13N3O/c1-7-10(9-4-5-15-6-9)13-8(2)14-11(7)12-3/h4-6H,1-3H3,(H,12,13,14). The van der Waals surface area contributed by atoms with Crippen molar-refractivity contribution in [1.82, 2.24) is 9.97 Å². The summed E-state index contributed by atoms with van der Waals surface area (Å²) in [6.45, 7) is 3.87. The van der Waals surface area contributed by atoms with Crippen LogP contribution in [0.1, 0.15) is 11.4 Å². The summed E-state index contributed by atoms with van der Waals surface area (Å²) in [6.07, 6.45) is 3.33. The predicted molar refractivity (Wildman–Crippen MR) is 58.8 cm³/mol. The molecular formula is C11H13N3O. The van der Waals surface area contributed by atoms with Gasteiger partial charge in [-0.25, -0.2) is 9.97 Å². The summed E-state index contributed by atoms with van der Waals surface area (Å²) < 4.78 is 5.06. The van der Waals surface area contributed by atoms with Gasteiger partial charge in [-0.1, -0.05) is 0 Å². The molecule has 1 N–H and O–H groups in total. The maximum absolute atomic E-state index is 5.06. The van der Waals surface area contributed by atoms with Gasteiger partial charge in [0.1, 0.15) is 11.6 Å². The summed E-state index contributed by atoms with van der Waals surface area (Å²) in [7, 11) is 1.86. The molecule has 0 spiro atoms. The first kappa shape index (κ1) is 9.71. The largest absolute Gasteiger partial charge is 0.472 e. The van der Waals surface area contributed by atoms with E-state index >= 15 is 0 Å². The second kappa shape index (κ2) is 3.73. The first-order valence-corrected chi connectivity index (χ1v) is 4.78. The molecule has 0 atom stereocenters. The Balaban J connectivity index is 2.61. The molecule has 0 unspecified atom stereocenters. The molecule has 0 saturated carbocycles. The summed E-state index contributed by atoms with van der Waals surface area (Å²) in [5, 5.41) is 3.06. The van der Waals surface area contributed by atoms with Gasteiger partial charge in [-0.2, -0.15) is 0 Å². The van der Waals surface area contributed by atoms with Crippen LogP contribution in [-0.2, 0) is 0 Å². The zero-order valence-electron chi connectivity index (χ0n) is 9.03. The second-order valence-electron chi connectivity index (χ2n) is 3.36. The Labute approximate surface area is 88.4 Å². The van der Waals surface area contributed by atoms with E-state index in [0.29, 0.717) is 0 Å². The van der Waals surface area contributed by atoms with Gasteiger partial charge in [0, 0.05) is 18.2 Å². The van der Waals surface area contributed by atoms with Crippen molar-refractivity contribution in [3.05, 3.63) is 30.0 Å². The number of nitrogens with zero attached hydrogens (tertiary/aromatic N) is 2. The fraction of sp³-hybridized carbons (Fsp3) is 0.273. The lowest BCUT2D eigenvalue weighted by Gasteiger charge is -2.08. The average Bonchev–Trinajstić information content (AvgIpc) is 2.74. The number of aryl methyl sites for hydroxylation is 1. The summed E-state index contributed by atoms with van der Waals surface area (Å²) in [5.41, 5.74) is 2.93. The lowest BCUT2D eigenvalue weighted by molar-refractivity contribution is 0.568. The van der Waals surface area contributed by atoms with Crippen LogP contribution in [0, 0.1) is 13.8 Å². The van der Waals surface area contributed by atoms with Gasteiger partial charge in [-0.3, -0.25) is 0 Å². The van der Waals surface area contributed by atoms with Crippen LogP contribution in [-0.4, -0.2) is 17.0 Å². The maximum Gasteiger partial charge on any atom is 0.132 e. The Morgan fingerprint density at radius 3 is 2.67 bits per heavy atom. The zero-order chi connectivity index (χ0) is 10.8. The fourth-order valence-electron chi connectivity index (χ4n) is 1.55. The van der Waals surface area contributed by atoms with Crippen molar-refractivity contribution in [1.29, 1.82) is 0 Å². The van der Waals surface area contributed by atoms with Gasteiger partial charge >= 0.3 is 0 Å². The van der Waals surface area contributed by atoms with Gasteiger partial charge in [-0.05, 0) is 19.9 Å². The smallest absolute Gasteiger partial charge is 0.132 e. The quantitative estimate of drug-likeness (QED) is 0.814. The molecule has 0 amide bonds. The van der Waals surface area contributed by atoms with Crippen molar-refractivity contribution >= 4 is 5.82 Å². The van der Waals surface area contributed by atoms with Crippen LogP contribution in [0.25, 0.3) is 11.3 Å². The van der Waals surface area contributed by atoms with Crippen molar-refractivity contribution in [2.24, 2.45) is 0 Å². The van der Waals surface area contributed by atoms with E-state index in [1.165, 1.54) is 0 Å². The average molecular weight is 203 g/mol. The minimum atomic E-state index is 0.751. The summed E-state index contributed by atoms with van der Waals surface area (Å²) in [4.78, 5) is 8.72. The van der Waals surface area contributed by atoms with E-state index in [2.05, 4.69) is 15.3 Å². The van der Waals surface area contributed by atoms with Gasteiger partial charge in [0.25, 0.3) is 0 Å². The molecule has 0 aromatic carbocycles. The zero-order valence-corrected chi connectivity index (χ0v) is 9.03. The normalized spacial score (nSPS) is 10.3. The first-order chi connectivity index (χ1) is 7.22. The molecule has 0 radical (unpaired) electrons. The van der Waals surface area contributed by atoms with E-state index in [1.807, 2.05) is 27.0 Å². The third-order valence-electron chi connectivity index (χ3n) is 2.29. The van der Waals surface area contributed by atoms with Gasteiger partial charge in [0.2, 0.25) is 0 Å². The molecule has 78 valence electrons. The fourth-order valence-corrected chi connectivity index (χ4v) is 1.55. The van der Waals surface area contributed by atoms with E-state index in [0.717, 1.165) is 28.5 Å². The molecule has 2 rings (SSSR count). The number of nitrogens with one attached hydrogen (secondary N) is 1. The van der Waals surface area contributed by atoms with Crippen LogP contribution in [0.3, 0.4) is 0 Å². The Kier molecular flexibility index (Phi) is 2.41. The van der Waals surface area contributed by atoms with E-state index in [9.17, 15) is 0 Å². The topological polar surface area (TPSA) is 51.0 Å². The lowest BCUT2D eigenvalue weighted by Crippen LogP contribution is -2.02. The molecule has 4 heteroatoms. The summed E-state index contributed by atoms with van der Waals surface area (Å²) in [5.74, 6) is 1.61. The highest BCUT2D eigenvalue weighted by atomic mass is 16.3. The van der Waals surface area contributed by atoms with Crippen LogP contribution in [0.15, 0.2) is 23.0 Å². The number of furan rings is 1. The molecule has 0 saturated heterocycles. The monoisotopic (exact) mass is 203 g/mol. The predicted octanol–water partition coefficient (Wildman–Crippen LogP) is 2.40. The van der Waals surface area contributed by atoms with Gasteiger partial charge < -0.3 is 9.73 Å². The summed E-state index contributed by atoms with van der Waals surface area (Å²) >= 11 is 0. The molecule has 2 heterocycles. The van der Waals surface area contributed by atoms with E-state index in [1.54, 1.807) is 12.5 Å². The third-order valence-corrected chi connectivity index (χ3v) is 2.29. The molecule has 2 aromatic heterocycles. The van der Waals surface area contributed by atoms with Crippen LogP contribution in [0.5, 0.6) is 0 Å². The molecular weight excluding hydrogens is 190 g/mol. The number of aromatic nitrogens is 2. The minimum Gasteiger partial charge on any atom is -0.472 e. The molecule has 0 fully saturated rings. The van der Waals surface area contributed by atoms with E-state index < -0.39 is 0 Å². The minimum absolute atomic E-state index is 0.751. The molecule has 0 aliphatic rings. The Morgan fingerprint density at radius 2 is 2.07 bits per heavy atom. The third kappa shape index (κ3) is 1.70. The van der Waals surface area contributed by atoms with Crippen LogP contribution in [0.2, 0.25) is 0 Å². The van der Waals surface area contributed by atoms with Crippen LogP contribution >= 0.6 is 0 Å². The number of hydrogen-bond donors (Lipinski definition) is 1. The highest BCUT2D eigenvalue weighted by molar-refractivity contribution is 5.67. The number of anilines is 1. The number of hydrogen-bond acceptors (Lipinski definition) is 4. The van der Waals surface area contributed by atoms with Crippen molar-refractivity contribution < 1.29 is 4.42 Å². The maximum atomic E-state index is 5.06. The number of rotatable bonds is 2. The van der Waals surface area contributed by atoms with E-state index in [4.69, 9.17) is 4.42 Å². The molecule has 15 heavy (non-hydrogen) atoms. The second-order valence-corrected chi connectivity index (χ2v) is 3.36. The molecule has 2 aromatic rings. The summed E-state index contributed by atoms with van der Waals surface area (Å²) in [6, 6.07) is 1.90. The Hall–Kier alpha value is -1.84. The van der Waals surface area contributed by atoms with Gasteiger partial charge in [-0.15, -0.1) is 0 Å². The molecule has 0 bridgehead atoms. The van der Waals surface area contributed by atoms with Gasteiger partial charge in [0.05, 0.1) is 18.2 Å². The lowest BCUT2D eigenvalue weighted by atomic mass is 10.1. The van der Waals surface area contributed by atoms with Crippen LogP contribution < -0.4 is 5.32 Å². The molecule has 4 nitrogen and oxygen atoms in total. The molecule has 0 aliphatic carbocycles. The van der Waals surface area contributed by atoms with Crippen LogP contribution in [0.4, 0.5) is 5.82 Å². The van der Waals surface area contributed by atoms with Crippen molar-refractivity contribution in [3.8, 4) is 11.3 Å². The van der Waals surface area contributed by atoms with Gasteiger partial charge in [0.15, 0.2) is 0 Å². The van der Waals surface area contributed by atoms with Crippen molar-refractivity contribution in [3.63, 3.8) is 0 Å².